The van der Waals surface area contributed by atoms with E-state index in [0.29, 0.717) is 24.8 Å². The Morgan fingerprint density at radius 2 is 1.36 bits per heavy atom. The fourth-order valence-corrected chi connectivity index (χ4v) is 12.6. The number of hydrogen-bond acceptors (Lipinski definition) is 14. The first kappa shape index (κ1) is 59.9. The highest BCUT2D eigenvalue weighted by atomic mass is 33.1. The van der Waals surface area contributed by atoms with Gasteiger partial charge in [0.1, 0.15) is 42.3 Å². The van der Waals surface area contributed by atoms with Crippen LogP contribution in [-0.4, -0.2) is 154 Å². The van der Waals surface area contributed by atoms with Crippen LogP contribution in [0.4, 0.5) is 0 Å². The number of nitrogens with zero attached hydrogens (tertiary/aromatic N) is 2. The van der Waals surface area contributed by atoms with Crippen LogP contribution in [0.15, 0.2) is 65.7 Å². The van der Waals surface area contributed by atoms with Crippen molar-refractivity contribution in [3.8, 4) is 0 Å². The van der Waals surface area contributed by atoms with Gasteiger partial charge in [0.2, 0.25) is 59.1 Å². The molecule has 1 aliphatic carbocycles. The Morgan fingerprint density at radius 1 is 0.763 bits per heavy atom. The highest BCUT2D eigenvalue weighted by Crippen LogP contribution is 2.48. The number of nitrogens with two attached hydrogens (primary N) is 4. The summed E-state index contributed by atoms with van der Waals surface area (Å²) in [6.07, 6.45) is 1.91. The van der Waals surface area contributed by atoms with Crippen LogP contribution >= 0.6 is 21.6 Å². The number of guanidine groups is 1. The second kappa shape index (κ2) is 29.4. The molecular weight excluding hydrogens is 1020 g/mol. The summed E-state index contributed by atoms with van der Waals surface area (Å²) in [6, 6.07) is 7.82. The predicted molar refractivity (Wildman–Crippen MR) is 285 cm³/mol. The molecule has 2 aromatic rings. The van der Waals surface area contributed by atoms with Crippen molar-refractivity contribution < 1.29 is 53.1 Å². The molecule has 0 unspecified atom stereocenters. The zero-order valence-corrected chi connectivity index (χ0v) is 44.1. The zero-order valence-electron chi connectivity index (χ0n) is 42.5. The topological polar surface area (TPSA) is 395 Å². The van der Waals surface area contributed by atoms with Gasteiger partial charge in [0.15, 0.2) is 5.96 Å². The lowest BCUT2D eigenvalue weighted by Crippen LogP contribution is -2.62. The van der Waals surface area contributed by atoms with E-state index in [0.717, 1.165) is 24.8 Å². The maximum atomic E-state index is 14.9. The summed E-state index contributed by atoms with van der Waals surface area (Å²) in [4.78, 5) is 143. The molecule has 3 aliphatic rings. The molecule has 2 saturated heterocycles. The van der Waals surface area contributed by atoms with Crippen LogP contribution in [0.3, 0.4) is 0 Å². The fraction of sp³-hybridized carbons (Fsp3) is 0.540. The molecule has 2 aliphatic heterocycles. The first-order valence-electron chi connectivity index (χ1n) is 25.3. The van der Waals surface area contributed by atoms with Crippen molar-refractivity contribution in [2.45, 2.75) is 144 Å². The fourth-order valence-electron chi connectivity index (χ4n) is 9.26. The van der Waals surface area contributed by atoms with Gasteiger partial charge < -0.3 is 70.2 Å². The quantitative estimate of drug-likeness (QED) is 0.0345. The van der Waals surface area contributed by atoms with Crippen molar-refractivity contribution in [3.05, 3.63) is 71.8 Å². The number of amides is 10. The maximum Gasteiger partial charge on any atom is 0.246 e. The van der Waals surface area contributed by atoms with Gasteiger partial charge in [-0.3, -0.25) is 52.9 Å². The van der Waals surface area contributed by atoms with E-state index >= 15 is 0 Å². The van der Waals surface area contributed by atoms with E-state index in [1.165, 1.54) is 33.4 Å². The molecule has 24 nitrogen and oxygen atoms in total. The number of hydrogen-bond donors (Lipinski definition) is 12. The summed E-state index contributed by atoms with van der Waals surface area (Å²) in [6.45, 7) is 0.856. The molecule has 1 spiro atoms. The normalized spacial score (nSPS) is 23.7. The number of aliphatic imine (C=N–C) groups is 1. The molecule has 2 heterocycles. The van der Waals surface area contributed by atoms with Gasteiger partial charge in [-0.05, 0) is 56.6 Å². The highest BCUT2D eigenvalue weighted by Gasteiger charge is 2.42. The summed E-state index contributed by atoms with van der Waals surface area (Å²) in [5, 5.41) is 29.3. The molecule has 0 aromatic heterocycles. The summed E-state index contributed by atoms with van der Waals surface area (Å²) in [7, 11) is 2.54. The van der Waals surface area contributed by atoms with E-state index in [2.05, 4.69) is 42.2 Å². The molecular formula is C50H71N13O11S2. The second-order valence-electron chi connectivity index (χ2n) is 19.3. The Morgan fingerprint density at radius 3 is 1.95 bits per heavy atom. The Balaban J connectivity index is 1.51. The molecule has 10 amide bonds. The minimum atomic E-state index is -1.77. The van der Waals surface area contributed by atoms with Gasteiger partial charge in [0.05, 0.1) is 19.1 Å². The summed E-state index contributed by atoms with van der Waals surface area (Å²) >= 11 is 0. The molecule has 0 bridgehead atoms. The van der Waals surface area contributed by atoms with Crippen molar-refractivity contribution in [1.82, 2.24) is 42.1 Å². The predicted octanol–water partition coefficient (Wildman–Crippen LogP) is -2.23. The van der Waals surface area contributed by atoms with E-state index in [1.807, 2.05) is 6.07 Å². The first-order chi connectivity index (χ1) is 36.2. The molecule has 16 N–H and O–H groups in total. The van der Waals surface area contributed by atoms with Gasteiger partial charge in [-0.15, -0.1) is 0 Å². The standard InChI is InChI=1S/C50H71N13O11S2/c1-29(64)41-47(73)60-35(25-38(51)65)44(70)61-36(48(74)63-22-12-18-37(63)46(72)58-32(17-11-21-55-49(53)54)42(68)56-27-39(52)66)28-75-76-50(19-9-4-10-20-50)26-40(67)57-33(23-30-13-5-2-6-14-30)43(69)59-34(45(71)62-41)24-31-15-7-3-8-16-31/h2-3,5-8,13-16,29,32-37,41,64H,4,9-12,17-28H2,1H3,(H2,51,65)(H2,52,66)(H,56,68)(H,57,67)(H,58,72)(H,59,69)(H,60,73)(H,61,70)(H,62,71)(H4,53,54,55)/t29-,32+,33-,34+,35+,36+,37+,41+/m1/s1. The zero-order chi connectivity index (χ0) is 55.4. The summed E-state index contributed by atoms with van der Waals surface area (Å²) in [5.41, 5.74) is 23.1. The van der Waals surface area contributed by atoms with Crippen LogP contribution in [0, 0.1) is 0 Å². The van der Waals surface area contributed by atoms with E-state index in [1.54, 1.807) is 54.6 Å². The van der Waals surface area contributed by atoms with Gasteiger partial charge in [0, 0.05) is 42.9 Å². The molecule has 2 aromatic carbocycles. The minimum absolute atomic E-state index is 0.0296. The van der Waals surface area contributed by atoms with Crippen LogP contribution in [0.1, 0.15) is 88.7 Å². The van der Waals surface area contributed by atoms with Crippen LogP contribution in [0.5, 0.6) is 0 Å². The lowest BCUT2D eigenvalue weighted by molar-refractivity contribution is -0.142. The number of nitrogens with one attached hydrogen (secondary N) is 7. The van der Waals surface area contributed by atoms with Gasteiger partial charge in [-0.2, -0.15) is 0 Å². The Labute approximate surface area is 448 Å². The Hall–Kier alpha value is -6.93. The molecule has 3 fully saturated rings. The van der Waals surface area contributed by atoms with E-state index in [9.17, 15) is 53.1 Å². The number of primary amides is 2. The molecule has 26 heteroatoms. The molecule has 8 atom stereocenters. The van der Waals surface area contributed by atoms with Crippen LogP contribution in [0.25, 0.3) is 0 Å². The van der Waals surface area contributed by atoms with Crippen molar-refractivity contribution in [2.24, 2.45) is 27.9 Å². The largest absolute Gasteiger partial charge is 0.391 e. The highest BCUT2D eigenvalue weighted by molar-refractivity contribution is 8.77. The number of carbonyl (C=O) groups excluding carboxylic acids is 10. The number of benzene rings is 2. The molecule has 76 heavy (non-hydrogen) atoms. The smallest absolute Gasteiger partial charge is 0.246 e. The third-order valence-electron chi connectivity index (χ3n) is 13.1. The van der Waals surface area contributed by atoms with E-state index in [-0.39, 0.29) is 63.3 Å². The monoisotopic (exact) mass is 1090 g/mol. The molecule has 414 valence electrons. The second-order valence-corrected chi connectivity index (χ2v) is 22.1. The molecule has 0 radical (unpaired) electrons. The number of likely N-dealkylation sites (tertiary alicyclic amines) is 1. The van der Waals surface area contributed by atoms with Gasteiger partial charge >= 0.3 is 0 Å². The Bertz CT molecular complexity index is 2410. The maximum absolute atomic E-state index is 14.9. The number of carbonyl (C=O) groups is 10. The lowest BCUT2D eigenvalue weighted by Gasteiger charge is -2.37. The van der Waals surface area contributed by atoms with Gasteiger partial charge in [-0.25, -0.2) is 0 Å². The third kappa shape index (κ3) is 18.7. The van der Waals surface area contributed by atoms with Crippen molar-refractivity contribution in [3.63, 3.8) is 0 Å². The number of aliphatic hydroxyl groups is 1. The molecule has 1 saturated carbocycles. The van der Waals surface area contributed by atoms with Crippen LogP contribution < -0.4 is 60.2 Å². The third-order valence-corrected chi connectivity index (χ3v) is 16.5. The lowest BCUT2D eigenvalue weighted by atomic mass is 9.85. The number of rotatable bonds is 17. The van der Waals surface area contributed by atoms with Crippen LogP contribution in [0.2, 0.25) is 0 Å². The minimum Gasteiger partial charge on any atom is -0.391 e. The van der Waals surface area contributed by atoms with Crippen molar-refractivity contribution in [2.75, 3.05) is 25.4 Å². The van der Waals surface area contributed by atoms with Crippen LogP contribution in [-0.2, 0) is 60.8 Å². The van der Waals surface area contributed by atoms with E-state index in [4.69, 9.17) is 22.9 Å². The van der Waals surface area contributed by atoms with Crippen molar-refractivity contribution >= 4 is 86.6 Å². The van der Waals surface area contributed by atoms with E-state index < -0.39 is 125 Å². The SMILES string of the molecule is C[C@@H](O)[C@@H]1NC(=O)[C@H](Cc2ccccc2)NC(=O)[C@@H](Cc2ccccc2)NC(=O)CC2(CCCCC2)SSC[C@@H](C(=O)N2CCC[C@H]2C(=O)N[C@@H](CCCN=C(N)N)C(=O)NCC(N)=O)NC(=O)[C@H](CC(N)=O)NC1=O. The Kier molecular flexibility index (Phi) is 23.2. The summed E-state index contributed by atoms with van der Waals surface area (Å²) in [5.74, 6) is -8.56. The summed E-state index contributed by atoms with van der Waals surface area (Å²) < 4.78 is -0.714. The first-order valence-corrected chi connectivity index (χ1v) is 27.6. The average Bonchev–Trinajstić information content (AvgIpc) is 3.87. The van der Waals surface area contributed by atoms with Gasteiger partial charge in [-0.1, -0.05) is 102 Å². The van der Waals surface area contributed by atoms with Crippen molar-refractivity contribution in [1.29, 1.82) is 0 Å². The molecule has 5 rings (SSSR count). The average molecular weight is 1090 g/mol. The number of aliphatic hydroxyl groups excluding tert-OH is 1. The van der Waals surface area contributed by atoms with Gasteiger partial charge in [0.25, 0.3) is 0 Å².